The number of carbonyl (C=O) groups is 5. The Labute approximate surface area is 529 Å². The molecule has 0 saturated heterocycles. The van der Waals surface area contributed by atoms with Crippen LogP contribution in [0.4, 0.5) is 5.69 Å². The lowest BCUT2D eigenvalue weighted by molar-refractivity contribution is -0.139. The number of phenolic OH excluding ortho intramolecular Hbond substituents is 1. The monoisotopic (exact) mass is 1300 g/mol. The van der Waals surface area contributed by atoms with Gasteiger partial charge in [0.05, 0.1) is 40.6 Å². The summed E-state index contributed by atoms with van der Waals surface area (Å²) in [6.07, 6.45) is 20.8. The zero-order chi connectivity index (χ0) is 64.7. The zero-order valence-corrected chi connectivity index (χ0v) is 53.6. The fourth-order valence-electron chi connectivity index (χ4n) is 7.74. The molecule has 1 aromatic heterocycles. The van der Waals surface area contributed by atoms with Crippen molar-refractivity contribution in [3.8, 4) is 23.0 Å². The number of unbranched alkanes of at least 4 members (excludes halogenated alkanes) is 13. The van der Waals surface area contributed by atoms with Gasteiger partial charge in [0.2, 0.25) is 5.78 Å². The predicted octanol–water partition coefficient (Wildman–Crippen LogP) is 17.2. The Bertz CT molecular complexity index is 3210. The van der Waals surface area contributed by atoms with Crippen molar-refractivity contribution >= 4 is 97.8 Å². The number of rotatable bonds is 31. The Morgan fingerprint density at radius 1 is 0.644 bits per heavy atom. The van der Waals surface area contributed by atoms with Crippen molar-refractivity contribution in [1.82, 2.24) is 0 Å². The molecule has 0 unspecified atom stereocenters. The molecule has 87 heavy (non-hydrogen) atoms. The van der Waals surface area contributed by atoms with Crippen molar-refractivity contribution < 1.29 is 76.7 Å². The van der Waals surface area contributed by atoms with Gasteiger partial charge in [0, 0.05) is 44.8 Å². The molecule has 6 N–H and O–H groups in total. The Hall–Kier alpha value is -7.00. The van der Waals surface area contributed by atoms with Crippen LogP contribution in [-0.4, -0.2) is 94.7 Å². The molecule has 474 valence electrons. The van der Waals surface area contributed by atoms with Crippen molar-refractivity contribution in [1.29, 1.82) is 0 Å². The van der Waals surface area contributed by atoms with Crippen LogP contribution in [-0.2, 0) is 30.9 Å². The summed E-state index contributed by atoms with van der Waals surface area (Å²) in [6, 6.07) is 30.2. The van der Waals surface area contributed by atoms with E-state index in [4.69, 9.17) is 68.9 Å². The van der Waals surface area contributed by atoms with Gasteiger partial charge in [0.1, 0.15) is 28.6 Å². The predicted molar refractivity (Wildman–Crippen MR) is 344 cm³/mol. The van der Waals surface area contributed by atoms with Crippen LogP contribution in [0.15, 0.2) is 125 Å². The highest BCUT2D eigenvalue weighted by Crippen LogP contribution is 2.29. The first-order chi connectivity index (χ1) is 41.3. The van der Waals surface area contributed by atoms with Crippen molar-refractivity contribution in [3.63, 3.8) is 0 Å². The number of carboxylic acid groups (broad SMARTS) is 4. The van der Waals surface area contributed by atoms with Crippen molar-refractivity contribution in [2.75, 3.05) is 20.3 Å². The lowest BCUT2D eigenvalue weighted by Gasteiger charge is -2.10. The normalized spacial score (nSPS) is 10.7. The van der Waals surface area contributed by atoms with Crippen molar-refractivity contribution in [2.45, 2.75) is 142 Å². The van der Waals surface area contributed by atoms with E-state index in [-0.39, 0.29) is 45.6 Å². The molecule has 5 aromatic carbocycles. The van der Waals surface area contributed by atoms with Crippen LogP contribution in [0.2, 0.25) is 15.1 Å². The van der Waals surface area contributed by atoms with E-state index in [2.05, 4.69) is 11.9 Å². The zero-order valence-electron chi connectivity index (χ0n) is 49.7. The van der Waals surface area contributed by atoms with Gasteiger partial charge in [-0.3, -0.25) is 23.9 Å². The Balaban J connectivity index is 0.000000389. The number of thiophene rings is 1. The molecule has 6 rings (SSSR count). The number of methoxy groups -OCH3 is 1. The minimum Gasteiger partial charge on any atom is -0.507 e. The number of aryl methyl sites for hydroxylation is 1. The highest BCUT2D eigenvalue weighted by atomic mass is 35.5. The number of ketones is 1. The summed E-state index contributed by atoms with van der Waals surface area (Å²) in [4.78, 5) is 59.1. The number of carbonyl (C=O) groups excluding carboxylic acids is 1. The minimum atomic E-state index is -4.30. The molecule has 0 saturated carbocycles. The van der Waals surface area contributed by atoms with Gasteiger partial charge in [-0.15, -0.1) is 11.3 Å². The minimum absolute atomic E-state index is 0.0910. The van der Waals surface area contributed by atoms with Gasteiger partial charge in [-0.1, -0.05) is 157 Å². The van der Waals surface area contributed by atoms with Crippen LogP contribution in [0.25, 0.3) is 0 Å². The lowest BCUT2D eigenvalue weighted by atomic mass is 10.0. The number of ether oxygens (including phenoxy) is 3. The number of phenols is 1. The second kappa shape index (κ2) is 42.8. The number of hydrogen-bond donors (Lipinski definition) is 6. The summed E-state index contributed by atoms with van der Waals surface area (Å²) in [5.74, 6) is -1.88. The van der Waals surface area contributed by atoms with Crippen LogP contribution in [0, 0.1) is 12.8 Å². The quantitative estimate of drug-likeness (QED) is 0.0102. The maximum atomic E-state index is 12.2. The van der Waals surface area contributed by atoms with Gasteiger partial charge >= 0.3 is 23.9 Å². The van der Waals surface area contributed by atoms with E-state index in [1.54, 1.807) is 86.0 Å². The van der Waals surface area contributed by atoms with E-state index < -0.39 is 34.0 Å². The highest BCUT2D eigenvalue weighted by Gasteiger charge is 2.17. The number of aliphatic carboxylic acids is 3. The maximum Gasteiger partial charge on any atom is 0.341 e. The van der Waals surface area contributed by atoms with Crippen LogP contribution in [0.3, 0.4) is 0 Å². The summed E-state index contributed by atoms with van der Waals surface area (Å²) >= 11 is 18.6. The van der Waals surface area contributed by atoms with Crippen molar-refractivity contribution in [3.05, 3.63) is 162 Å². The van der Waals surface area contributed by atoms with Gasteiger partial charge in [0.25, 0.3) is 10.1 Å². The molecule has 1 heterocycles. The number of benzene rings is 5. The SMILES string of the molecule is CC(C)CCC(=O)O.CCCCCCCCCCCCCCCCOc1cc(OC)ccc1C(=O)O.Cc1cc(Cl)ccc1OCC(=O)O.O=C(O)Cc1ccc(C(=O)c2ccc(Cl)cc2Cl)s1.O=S(=O)(O)c1ccc(O)c(C=Nc2ccccc2)c1. The van der Waals surface area contributed by atoms with Gasteiger partial charge < -0.3 is 39.7 Å². The van der Waals surface area contributed by atoms with Gasteiger partial charge in [-0.25, -0.2) is 9.59 Å². The average molecular weight is 1300 g/mol. The maximum absolute atomic E-state index is 12.2. The molecule has 0 spiro atoms. The molecule has 0 fully saturated rings. The van der Waals surface area contributed by atoms with Crippen molar-refractivity contribution in [2.24, 2.45) is 10.9 Å². The Morgan fingerprint density at radius 2 is 1.23 bits per heavy atom. The number of halogens is 3. The van der Waals surface area contributed by atoms with E-state index in [1.165, 1.54) is 101 Å². The first-order valence-electron chi connectivity index (χ1n) is 28.4. The van der Waals surface area contributed by atoms with Crippen LogP contribution in [0.5, 0.6) is 23.0 Å². The van der Waals surface area contributed by atoms with Crippen LogP contribution >= 0.6 is 46.1 Å². The molecular formula is C65H80Cl3NO16S2. The number of aromatic hydroxyl groups is 1. The Morgan fingerprint density at radius 3 is 1.75 bits per heavy atom. The van der Waals surface area contributed by atoms with Gasteiger partial charge in [-0.2, -0.15) is 8.42 Å². The number of aromatic carboxylic acids is 1. The molecule has 0 aliphatic heterocycles. The number of aliphatic imine (C=N–C) groups is 1. The topological polar surface area (TPSA) is 281 Å². The molecule has 17 nitrogen and oxygen atoms in total. The van der Waals surface area contributed by atoms with Crippen LogP contribution in [0.1, 0.15) is 165 Å². The lowest BCUT2D eigenvalue weighted by Crippen LogP contribution is -2.09. The third kappa shape index (κ3) is 33.6. The standard InChI is InChI=1S/C24H40O4.C13H8Cl2O3S.C13H11NO4S.C9H9ClO3.C6H12O2/c1-3-4-5-6-7-8-9-10-11-12-13-14-15-16-19-28-23-20-21(27-2)17-18-22(23)24(25)26;14-7-1-3-9(10(15)5-7)13(18)11-4-2-8(19-11)6-12(16)17;15-13-7-6-12(19(16,17)18)8-10(13)9-14-11-4-2-1-3-5-11;1-6-4-7(10)2-3-8(6)13-5-9(11)12;1-5(2)3-4-6(7)8/h17-18,20H,3-16,19H2,1-2H3,(H,25,26);1-5H,6H2,(H,16,17);1-9,15H,(H,16,17,18);2-4H,5H2,1H3,(H,11,12);5H,3-4H2,1-2H3,(H,7,8). The fraction of sp³-hybridized carbons (Fsp3) is 0.385. The van der Waals surface area contributed by atoms with E-state index in [1.807, 2.05) is 26.8 Å². The average Bonchev–Trinajstić information content (AvgIpc) is 3.17. The summed E-state index contributed by atoms with van der Waals surface area (Å²) in [7, 11) is -2.74. The van der Waals surface area contributed by atoms with Gasteiger partial charge in [0.15, 0.2) is 6.61 Å². The molecule has 0 bridgehead atoms. The molecule has 22 heteroatoms. The summed E-state index contributed by atoms with van der Waals surface area (Å²) in [5, 5.41) is 45.4. The third-order valence-corrected chi connectivity index (χ3v) is 15.1. The first-order valence-corrected chi connectivity index (χ1v) is 31.8. The van der Waals surface area contributed by atoms with E-state index in [9.17, 15) is 42.6 Å². The Kier molecular flexibility index (Phi) is 37.4. The number of nitrogens with zero attached hydrogens (tertiary/aromatic N) is 1. The molecule has 0 amide bonds. The first kappa shape index (κ1) is 76.1. The molecule has 0 aliphatic carbocycles. The van der Waals surface area contributed by atoms with Gasteiger partial charge in [-0.05, 0) is 122 Å². The number of para-hydroxylation sites is 1. The number of carboxylic acids is 4. The largest absolute Gasteiger partial charge is 0.507 e. The second-order valence-corrected chi connectivity index (χ2v) is 24.0. The van der Waals surface area contributed by atoms with E-state index >= 15 is 0 Å². The molecule has 0 radical (unpaired) electrons. The third-order valence-electron chi connectivity index (χ3n) is 12.4. The van der Waals surface area contributed by atoms with E-state index in [0.717, 1.165) is 48.3 Å². The molecule has 0 atom stereocenters. The summed E-state index contributed by atoms with van der Waals surface area (Å²) in [6.45, 7) is 8.33. The molecule has 0 aliphatic rings. The highest BCUT2D eigenvalue weighted by molar-refractivity contribution is 7.85. The molecular weight excluding hydrogens is 1220 g/mol. The fourth-order valence-corrected chi connectivity index (χ4v) is 9.93. The number of hydrogen-bond acceptors (Lipinski definition) is 13. The molecule has 6 aromatic rings. The second-order valence-electron chi connectivity index (χ2n) is 20.1. The smallest absolute Gasteiger partial charge is 0.341 e. The van der Waals surface area contributed by atoms with Crippen LogP contribution < -0.4 is 14.2 Å². The summed E-state index contributed by atoms with van der Waals surface area (Å²) < 4.78 is 46.8. The van der Waals surface area contributed by atoms with E-state index in [0.29, 0.717) is 67.2 Å². The summed E-state index contributed by atoms with van der Waals surface area (Å²) in [5.41, 5.74) is 2.24.